The molecule has 2 aromatic rings. The maximum absolute atomic E-state index is 12.9. The van der Waals surface area contributed by atoms with Gasteiger partial charge in [0.1, 0.15) is 5.76 Å². The summed E-state index contributed by atoms with van der Waals surface area (Å²) >= 11 is 3.37. The average molecular weight is 484 g/mol. The Bertz CT molecular complexity index is 939. The van der Waals surface area contributed by atoms with Gasteiger partial charge in [0.25, 0.3) is 5.91 Å². The van der Waals surface area contributed by atoms with Crippen molar-refractivity contribution in [2.24, 2.45) is 0 Å². The van der Waals surface area contributed by atoms with Crippen LogP contribution in [0.5, 0.6) is 0 Å². The van der Waals surface area contributed by atoms with Gasteiger partial charge in [-0.15, -0.1) is 0 Å². The van der Waals surface area contributed by atoms with Gasteiger partial charge in [-0.3, -0.25) is 9.69 Å². The molecule has 0 saturated carbocycles. The van der Waals surface area contributed by atoms with E-state index in [0.717, 1.165) is 25.0 Å². The SMILES string of the molecule is CN(C)C(CNC(=O)c1cc(S(=O)(=O)N2CCCCC2)ccc1Br)c1ccco1. The Hall–Kier alpha value is -1.68. The monoisotopic (exact) mass is 483 g/mol. The Morgan fingerprint density at radius 1 is 1.24 bits per heavy atom. The number of likely N-dealkylation sites (N-methyl/N-ethyl adjacent to an activating group) is 1. The van der Waals surface area contributed by atoms with E-state index in [-0.39, 0.29) is 16.8 Å². The maximum Gasteiger partial charge on any atom is 0.252 e. The summed E-state index contributed by atoms with van der Waals surface area (Å²) in [7, 11) is 0.202. The number of hydrogen-bond donors (Lipinski definition) is 1. The molecule has 1 aliphatic heterocycles. The van der Waals surface area contributed by atoms with Crippen LogP contribution in [-0.2, 0) is 10.0 Å². The van der Waals surface area contributed by atoms with E-state index < -0.39 is 10.0 Å². The smallest absolute Gasteiger partial charge is 0.252 e. The second-order valence-electron chi connectivity index (χ2n) is 7.31. The van der Waals surface area contributed by atoms with Crippen LogP contribution in [0.2, 0.25) is 0 Å². The molecule has 0 aliphatic carbocycles. The van der Waals surface area contributed by atoms with E-state index in [0.29, 0.717) is 29.7 Å². The lowest BCUT2D eigenvalue weighted by molar-refractivity contribution is 0.0938. The molecule has 158 valence electrons. The van der Waals surface area contributed by atoms with Crippen molar-refractivity contribution in [2.45, 2.75) is 30.2 Å². The number of furan rings is 1. The molecule has 2 heterocycles. The largest absolute Gasteiger partial charge is 0.468 e. The van der Waals surface area contributed by atoms with Gasteiger partial charge in [0.15, 0.2) is 0 Å². The third-order valence-corrected chi connectivity index (χ3v) is 7.67. The van der Waals surface area contributed by atoms with Gasteiger partial charge in [0, 0.05) is 24.1 Å². The van der Waals surface area contributed by atoms with Crippen molar-refractivity contribution in [3.63, 3.8) is 0 Å². The molecular weight excluding hydrogens is 458 g/mol. The van der Waals surface area contributed by atoms with E-state index in [1.807, 2.05) is 25.1 Å². The zero-order chi connectivity index (χ0) is 21.0. The first-order valence-corrected chi connectivity index (χ1v) is 11.8. The van der Waals surface area contributed by atoms with Gasteiger partial charge in [-0.05, 0) is 73.2 Å². The molecule has 1 N–H and O–H groups in total. The molecule has 1 fully saturated rings. The number of carbonyl (C=O) groups is 1. The molecule has 3 rings (SSSR count). The van der Waals surface area contributed by atoms with E-state index in [4.69, 9.17) is 4.42 Å². The zero-order valence-electron chi connectivity index (χ0n) is 16.6. The maximum atomic E-state index is 12.9. The number of halogens is 1. The second kappa shape index (κ2) is 9.42. The van der Waals surface area contributed by atoms with Gasteiger partial charge in [-0.1, -0.05) is 6.42 Å². The summed E-state index contributed by atoms with van der Waals surface area (Å²) in [4.78, 5) is 14.9. The average Bonchev–Trinajstić information content (AvgIpc) is 3.23. The standard InChI is InChI=1S/C20H26BrN3O4S/c1-23(2)18(19-7-6-12-28-19)14-22-20(25)16-13-15(8-9-17(16)21)29(26,27)24-10-4-3-5-11-24/h6-9,12-13,18H,3-5,10-11,14H2,1-2H3,(H,22,25). The molecule has 9 heteroatoms. The summed E-state index contributed by atoms with van der Waals surface area (Å²) in [5.74, 6) is 0.404. The number of amides is 1. The Morgan fingerprint density at radius 2 is 1.97 bits per heavy atom. The van der Waals surface area contributed by atoms with Crippen molar-refractivity contribution < 1.29 is 17.6 Å². The summed E-state index contributed by atoms with van der Waals surface area (Å²) in [6.45, 7) is 1.37. The molecule has 1 aromatic heterocycles. The Kier molecular flexibility index (Phi) is 7.15. The summed E-state index contributed by atoms with van der Waals surface area (Å²) in [6, 6.07) is 8.13. The summed E-state index contributed by atoms with van der Waals surface area (Å²) in [6.07, 6.45) is 4.37. The highest BCUT2D eigenvalue weighted by Gasteiger charge is 2.27. The highest BCUT2D eigenvalue weighted by molar-refractivity contribution is 9.10. The van der Waals surface area contributed by atoms with Crippen LogP contribution in [0.1, 0.15) is 41.4 Å². The number of rotatable bonds is 7. The molecule has 1 saturated heterocycles. The number of benzene rings is 1. The minimum absolute atomic E-state index is 0.131. The van der Waals surface area contributed by atoms with E-state index in [9.17, 15) is 13.2 Å². The highest BCUT2D eigenvalue weighted by Crippen LogP contribution is 2.26. The topological polar surface area (TPSA) is 82.9 Å². The normalized spacial score (nSPS) is 16.7. The van der Waals surface area contributed by atoms with Gasteiger partial charge in [-0.2, -0.15) is 4.31 Å². The number of sulfonamides is 1. The Morgan fingerprint density at radius 3 is 2.59 bits per heavy atom. The van der Waals surface area contributed by atoms with Crippen LogP contribution in [-0.4, -0.2) is 57.3 Å². The van der Waals surface area contributed by atoms with E-state index in [1.165, 1.54) is 16.4 Å². The third-order valence-electron chi connectivity index (χ3n) is 5.09. The van der Waals surface area contributed by atoms with Crippen LogP contribution in [0.3, 0.4) is 0 Å². The highest BCUT2D eigenvalue weighted by atomic mass is 79.9. The summed E-state index contributed by atoms with van der Waals surface area (Å²) in [5.41, 5.74) is 0.292. The fraction of sp³-hybridized carbons (Fsp3) is 0.450. The van der Waals surface area contributed by atoms with Crippen LogP contribution in [0.25, 0.3) is 0 Å². The molecular formula is C20H26BrN3O4S. The number of nitrogens with zero attached hydrogens (tertiary/aromatic N) is 2. The lowest BCUT2D eigenvalue weighted by Gasteiger charge is -2.26. The molecule has 1 amide bonds. The first-order chi connectivity index (χ1) is 13.8. The summed E-state index contributed by atoms with van der Waals surface area (Å²) in [5, 5.41) is 2.89. The van der Waals surface area contributed by atoms with Crippen LogP contribution in [0.4, 0.5) is 0 Å². The summed E-state index contributed by atoms with van der Waals surface area (Å²) < 4.78 is 33.4. The number of nitrogens with one attached hydrogen (secondary N) is 1. The van der Waals surface area contributed by atoms with Gasteiger partial charge in [0.2, 0.25) is 10.0 Å². The van der Waals surface area contributed by atoms with Crippen molar-refractivity contribution in [3.8, 4) is 0 Å². The molecule has 0 bridgehead atoms. The molecule has 1 atom stereocenters. The fourth-order valence-electron chi connectivity index (χ4n) is 3.40. The first kappa shape index (κ1) is 22.0. The van der Waals surface area contributed by atoms with Gasteiger partial charge < -0.3 is 9.73 Å². The Labute approximate surface area is 180 Å². The molecule has 1 unspecified atom stereocenters. The van der Waals surface area contributed by atoms with Gasteiger partial charge >= 0.3 is 0 Å². The van der Waals surface area contributed by atoms with Gasteiger partial charge in [-0.25, -0.2) is 8.42 Å². The minimum Gasteiger partial charge on any atom is -0.468 e. The number of hydrogen-bond acceptors (Lipinski definition) is 5. The van der Waals surface area contributed by atoms with E-state index in [2.05, 4.69) is 21.2 Å². The predicted molar refractivity (Wildman–Crippen MR) is 114 cm³/mol. The lowest BCUT2D eigenvalue weighted by Crippen LogP contribution is -2.36. The van der Waals surface area contributed by atoms with Crippen molar-refractivity contribution in [2.75, 3.05) is 33.7 Å². The van der Waals surface area contributed by atoms with Crippen molar-refractivity contribution in [1.29, 1.82) is 0 Å². The fourth-order valence-corrected chi connectivity index (χ4v) is 5.37. The third kappa shape index (κ3) is 5.09. The predicted octanol–water partition coefficient (Wildman–Crippen LogP) is 3.25. The first-order valence-electron chi connectivity index (χ1n) is 9.58. The molecule has 0 radical (unpaired) electrons. The van der Waals surface area contributed by atoms with E-state index in [1.54, 1.807) is 18.4 Å². The quantitative estimate of drug-likeness (QED) is 0.653. The van der Waals surface area contributed by atoms with Crippen LogP contribution >= 0.6 is 15.9 Å². The number of carbonyl (C=O) groups excluding carboxylic acids is 1. The van der Waals surface area contributed by atoms with Crippen LogP contribution in [0.15, 0.2) is 50.4 Å². The molecule has 29 heavy (non-hydrogen) atoms. The van der Waals surface area contributed by atoms with Gasteiger partial charge in [0.05, 0.1) is 22.8 Å². The Balaban J connectivity index is 1.77. The zero-order valence-corrected chi connectivity index (χ0v) is 19.0. The van der Waals surface area contributed by atoms with Crippen molar-refractivity contribution >= 4 is 31.9 Å². The molecule has 1 aromatic carbocycles. The van der Waals surface area contributed by atoms with E-state index >= 15 is 0 Å². The van der Waals surface area contributed by atoms with Crippen molar-refractivity contribution in [1.82, 2.24) is 14.5 Å². The van der Waals surface area contributed by atoms with Crippen LogP contribution in [0, 0.1) is 0 Å². The molecule has 0 spiro atoms. The van der Waals surface area contributed by atoms with Crippen molar-refractivity contribution in [3.05, 3.63) is 52.4 Å². The number of piperidine rings is 1. The lowest BCUT2D eigenvalue weighted by atomic mass is 10.1. The minimum atomic E-state index is -3.61. The molecule has 7 nitrogen and oxygen atoms in total. The second-order valence-corrected chi connectivity index (χ2v) is 10.1. The van der Waals surface area contributed by atoms with Crippen LogP contribution < -0.4 is 5.32 Å². The molecule has 1 aliphatic rings.